The molecule has 0 spiro atoms. The van der Waals surface area contributed by atoms with E-state index in [0.29, 0.717) is 12.0 Å². The third-order valence-corrected chi connectivity index (χ3v) is 3.79. The maximum absolute atomic E-state index is 11.8. The topological polar surface area (TPSA) is 49.3 Å². The number of nitrogens with one attached hydrogen (secondary N) is 1. The van der Waals surface area contributed by atoms with Crippen molar-refractivity contribution in [2.75, 3.05) is 6.54 Å². The normalized spacial score (nSPS) is 23.2. The molecule has 0 unspecified atom stereocenters. The molecule has 100 valence electrons. The molecule has 0 bridgehead atoms. The largest absolute Gasteiger partial charge is 0.388 e. The van der Waals surface area contributed by atoms with E-state index in [1.165, 1.54) is 0 Å². The highest BCUT2D eigenvalue weighted by atomic mass is 16.3. The first-order chi connectivity index (χ1) is 7.54. The minimum atomic E-state index is -0.698. The van der Waals surface area contributed by atoms with E-state index in [1.54, 1.807) is 0 Å². The van der Waals surface area contributed by atoms with Crippen molar-refractivity contribution in [2.24, 2.45) is 10.8 Å². The average Bonchev–Trinajstić information content (AvgIpc) is 2.19. The molecule has 0 radical (unpaired) electrons. The second-order valence-corrected chi connectivity index (χ2v) is 7.32. The van der Waals surface area contributed by atoms with E-state index in [9.17, 15) is 9.90 Å². The lowest BCUT2D eigenvalue weighted by molar-refractivity contribution is -0.130. The average molecular weight is 241 g/mol. The summed E-state index contributed by atoms with van der Waals surface area (Å²) in [6, 6.07) is 0. The van der Waals surface area contributed by atoms with Crippen molar-refractivity contribution in [3.8, 4) is 0 Å². The number of aliphatic hydroxyl groups is 1. The molecule has 0 aromatic carbocycles. The summed E-state index contributed by atoms with van der Waals surface area (Å²) in [4.78, 5) is 11.8. The molecule has 1 fully saturated rings. The summed E-state index contributed by atoms with van der Waals surface area (Å²) in [7, 11) is 0. The third-order valence-electron chi connectivity index (χ3n) is 3.79. The van der Waals surface area contributed by atoms with Crippen LogP contribution in [0.5, 0.6) is 0 Å². The van der Waals surface area contributed by atoms with Crippen LogP contribution in [0.25, 0.3) is 0 Å². The molecule has 3 heteroatoms. The number of carbonyl (C=O) groups excluding carboxylic acids is 1. The third kappa shape index (κ3) is 4.30. The van der Waals surface area contributed by atoms with Crippen LogP contribution in [0.1, 0.15) is 60.3 Å². The van der Waals surface area contributed by atoms with Crippen molar-refractivity contribution in [3.05, 3.63) is 0 Å². The Hall–Kier alpha value is -0.570. The van der Waals surface area contributed by atoms with Gasteiger partial charge < -0.3 is 10.4 Å². The van der Waals surface area contributed by atoms with E-state index in [-0.39, 0.29) is 11.3 Å². The molecule has 0 heterocycles. The van der Waals surface area contributed by atoms with Crippen LogP contribution < -0.4 is 5.32 Å². The van der Waals surface area contributed by atoms with Gasteiger partial charge >= 0.3 is 0 Å². The smallest absolute Gasteiger partial charge is 0.225 e. The Bertz CT molecular complexity index is 279. The standard InChI is InChI=1S/C14H27NO2/c1-12(2,3)11(16)15-10-14(17)8-6-13(4,5)7-9-14/h17H,6-10H2,1-5H3,(H,15,16). The van der Waals surface area contributed by atoms with Crippen LogP contribution in [0.2, 0.25) is 0 Å². The molecule has 0 aromatic rings. The van der Waals surface area contributed by atoms with Crippen LogP contribution in [0.4, 0.5) is 0 Å². The molecule has 1 amide bonds. The highest BCUT2D eigenvalue weighted by Gasteiger charge is 2.37. The Labute approximate surface area is 105 Å². The number of rotatable bonds is 2. The quantitative estimate of drug-likeness (QED) is 0.780. The van der Waals surface area contributed by atoms with Crippen LogP contribution in [0.3, 0.4) is 0 Å². The molecular weight excluding hydrogens is 214 g/mol. The van der Waals surface area contributed by atoms with Crippen molar-refractivity contribution in [2.45, 2.75) is 65.9 Å². The maximum Gasteiger partial charge on any atom is 0.225 e. The summed E-state index contributed by atoms with van der Waals surface area (Å²) < 4.78 is 0. The summed E-state index contributed by atoms with van der Waals surface area (Å²) in [5.74, 6) is 0.00996. The van der Waals surface area contributed by atoms with E-state index in [2.05, 4.69) is 19.2 Å². The first kappa shape index (κ1) is 14.5. The van der Waals surface area contributed by atoms with Crippen LogP contribution in [0, 0.1) is 10.8 Å². The van der Waals surface area contributed by atoms with Gasteiger partial charge in [-0.1, -0.05) is 34.6 Å². The van der Waals surface area contributed by atoms with Crippen molar-refractivity contribution in [3.63, 3.8) is 0 Å². The summed E-state index contributed by atoms with van der Waals surface area (Å²) in [5, 5.41) is 13.3. The van der Waals surface area contributed by atoms with Gasteiger partial charge in [0.05, 0.1) is 5.60 Å². The Morgan fingerprint density at radius 3 is 2.06 bits per heavy atom. The predicted molar refractivity (Wildman–Crippen MR) is 69.7 cm³/mol. The van der Waals surface area contributed by atoms with Gasteiger partial charge in [0, 0.05) is 12.0 Å². The molecule has 3 nitrogen and oxygen atoms in total. The molecule has 0 aromatic heterocycles. The molecule has 1 saturated carbocycles. The van der Waals surface area contributed by atoms with Crippen molar-refractivity contribution in [1.29, 1.82) is 0 Å². The molecule has 1 aliphatic carbocycles. The van der Waals surface area contributed by atoms with E-state index in [4.69, 9.17) is 0 Å². The van der Waals surface area contributed by atoms with Gasteiger partial charge in [-0.05, 0) is 31.1 Å². The first-order valence-electron chi connectivity index (χ1n) is 6.55. The van der Waals surface area contributed by atoms with Gasteiger partial charge in [0.15, 0.2) is 0 Å². The van der Waals surface area contributed by atoms with Crippen LogP contribution in [0.15, 0.2) is 0 Å². The Morgan fingerprint density at radius 1 is 1.18 bits per heavy atom. The Morgan fingerprint density at radius 2 is 1.65 bits per heavy atom. The van der Waals surface area contributed by atoms with Crippen LogP contribution in [-0.4, -0.2) is 23.2 Å². The number of amides is 1. The second-order valence-electron chi connectivity index (χ2n) is 7.32. The van der Waals surface area contributed by atoms with Crippen LogP contribution in [-0.2, 0) is 4.79 Å². The molecular formula is C14H27NO2. The fourth-order valence-electron chi connectivity index (χ4n) is 2.08. The lowest BCUT2D eigenvalue weighted by Gasteiger charge is -2.40. The number of hydrogen-bond acceptors (Lipinski definition) is 2. The zero-order chi connectivity index (χ0) is 13.3. The lowest BCUT2D eigenvalue weighted by Crippen LogP contribution is -2.48. The van der Waals surface area contributed by atoms with E-state index >= 15 is 0 Å². The number of carbonyl (C=O) groups is 1. The molecule has 1 aliphatic rings. The fourth-order valence-corrected chi connectivity index (χ4v) is 2.08. The molecule has 17 heavy (non-hydrogen) atoms. The predicted octanol–water partition coefficient (Wildman–Crippen LogP) is 2.48. The first-order valence-corrected chi connectivity index (χ1v) is 6.55. The summed E-state index contributed by atoms with van der Waals surface area (Å²) in [6.07, 6.45) is 3.61. The van der Waals surface area contributed by atoms with Gasteiger partial charge in [-0.15, -0.1) is 0 Å². The minimum Gasteiger partial charge on any atom is -0.388 e. The van der Waals surface area contributed by atoms with Crippen molar-refractivity contribution in [1.82, 2.24) is 5.32 Å². The molecule has 0 aliphatic heterocycles. The van der Waals surface area contributed by atoms with Crippen molar-refractivity contribution >= 4 is 5.91 Å². The number of hydrogen-bond donors (Lipinski definition) is 2. The lowest BCUT2D eigenvalue weighted by atomic mass is 9.71. The zero-order valence-corrected chi connectivity index (χ0v) is 11.9. The van der Waals surface area contributed by atoms with Gasteiger partial charge in [-0.2, -0.15) is 0 Å². The Balaban J connectivity index is 2.45. The van der Waals surface area contributed by atoms with E-state index < -0.39 is 5.60 Å². The summed E-state index contributed by atoms with van der Waals surface area (Å²) in [6.45, 7) is 10.5. The second kappa shape index (κ2) is 4.60. The fraction of sp³-hybridized carbons (Fsp3) is 0.929. The van der Waals surface area contributed by atoms with Crippen LogP contribution >= 0.6 is 0 Å². The summed E-state index contributed by atoms with van der Waals surface area (Å²) >= 11 is 0. The van der Waals surface area contributed by atoms with Crippen molar-refractivity contribution < 1.29 is 9.90 Å². The molecule has 1 rings (SSSR count). The van der Waals surface area contributed by atoms with Gasteiger partial charge in [0.2, 0.25) is 5.91 Å². The molecule has 0 saturated heterocycles. The van der Waals surface area contributed by atoms with E-state index in [0.717, 1.165) is 25.7 Å². The summed E-state index contributed by atoms with van der Waals surface area (Å²) in [5.41, 5.74) is -0.749. The highest BCUT2D eigenvalue weighted by Crippen LogP contribution is 2.39. The van der Waals surface area contributed by atoms with Gasteiger partial charge in [-0.3, -0.25) is 4.79 Å². The van der Waals surface area contributed by atoms with Gasteiger partial charge in [0.25, 0.3) is 0 Å². The minimum absolute atomic E-state index is 0.00996. The zero-order valence-electron chi connectivity index (χ0n) is 11.9. The van der Waals surface area contributed by atoms with E-state index in [1.807, 2.05) is 20.8 Å². The van der Waals surface area contributed by atoms with Gasteiger partial charge in [0.1, 0.15) is 0 Å². The maximum atomic E-state index is 11.8. The molecule has 0 atom stereocenters. The SMILES string of the molecule is CC1(C)CCC(O)(CNC(=O)C(C)(C)C)CC1. The molecule has 2 N–H and O–H groups in total. The highest BCUT2D eigenvalue weighted by molar-refractivity contribution is 5.81. The Kier molecular flexibility index (Phi) is 3.92. The van der Waals surface area contributed by atoms with Gasteiger partial charge in [-0.25, -0.2) is 0 Å². The monoisotopic (exact) mass is 241 g/mol.